The van der Waals surface area contributed by atoms with E-state index in [9.17, 15) is 9.90 Å². The van der Waals surface area contributed by atoms with Gasteiger partial charge >= 0.3 is 0 Å². The van der Waals surface area contributed by atoms with Gasteiger partial charge in [0.2, 0.25) is 0 Å². The number of rotatable bonds is 16. The number of hydrazone groups is 1. The molecule has 1 aliphatic carbocycles. The van der Waals surface area contributed by atoms with E-state index in [0.29, 0.717) is 56.7 Å². The fourth-order valence-corrected chi connectivity index (χ4v) is 2.50. The van der Waals surface area contributed by atoms with Gasteiger partial charge in [-0.3, -0.25) is 4.79 Å². The van der Waals surface area contributed by atoms with Crippen LogP contribution in [0.25, 0.3) is 0 Å². The number of hydrogen-bond acceptors (Lipinski definition) is 8. The van der Waals surface area contributed by atoms with E-state index in [1.807, 2.05) is 24.3 Å². The predicted octanol–water partition coefficient (Wildman–Crippen LogP) is 1.46. The molecule has 2 rings (SSSR count). The van der Waals surface area contributed by atoms with Crippen molar-refractivity contribution < 1.29 is 33.6 Å². The number of carbonyl (C=O) groups excluding carboxylic acids is 1. The largest absolute Gasteiger partial charge is 0.491 e. The predicted molar refractivity (Wildman–Crippen MR) is 115 cm³/mol. The Hall–Kier alpha value is -2.72. The Morgan fingerprint density at radius 3 is 2.32 bits per heavy atom. The van der Waals surface area contributed by atoms with Crippen LogP contribution >= 0.6 is 0 Å². The van der Waals surface area contributed by atoms with Crippen molar-refractivity contribution in [3.05, 3.63) is 48.1 Å². The van der Waals surface area contributed by atoms with Crippen molar-refractivity contribution in [2.75, 3.05) is 53.4 Å². The quantitative estimate of drug-likeness (QED) is 0.230. The van der Waals surface area contributed by atoms with E-state index in [4.69, 9.17) is 23.7 Å². The molecular weight excluding hydrogens is 404 g/mol. The third-order valence-corrected chi connectivity index (χ3v) is 4.01. The van der Waals surface area contributed by atoms with Crippen LogP contribution in [0, 0.1) is 5.92 Å². The van der Waals surface area contributed by atoms with E-state index in [-0.39, 0.29) is 25.0 Å². The Kier molecular flexibility index (Phi) is 12.0. The molecule has 0 radical (unpaired) electrons. The second-order valence-electron chi connectivity index (χ2n) is 6.49. The number of allylic oxidation sites excluding steroid dienone is 4. The van der Waals surface area contributed by atoms with Crippen molar-refractivity contribution in [2.24, 2.45) is 11.0 Å². The second kappa shape index (κ2) is 15.1. The number of nitrogens with one attached hydrogen (secondary N) is 1. The van der Waals surface area contributed by atoms with Crippen LogP contribution in [0.4, 0.5) is 0 Å². The fraction of sp³-hybridized carbons (Fsp3) is 0.455. The lowest BCUT2D eigenvalue weighted by Gasteiger charge is -2.12. The van der Waals surface area contributed by atoms with Crippen molar-refractivity contribution in [3.63, 3.8) is 0 Å². The molecule has 0 aliphatic heterocycles. The van der Waals surface area contributed by atoms with Gasteiger partial charge in [0.1, 0.15) is 18.1 Å². The summed E-state index contributed by atoms with van der Waals surface area (Å²) in [6.07, 6.45) is 9.37. The molecule has 0 unspecified atom stereocenters. The zero-order chi connectivity index (χ0) is 22.2. The maximum absolute atomic E-state index is 11.9. The normalized spacial score (nSPS) is 13.2. The molecule has 0 bridgehead atoms. The van der Waals surface area contributed by atoms with Gasteiger partial charge in [-0.15, -0.1) is 0 Å². The van der Waals surface area contributed by atoms with Gasteiger partial charge < -0.3 is 28.8 Å². The monoisotopic (exact) mass is 434 g/mol. The van der Waals surface area contributed by atoms with E-state index in [0.717, 1.165) is 0 Å². The summed E-state index contributed by atoms with van der Waals surface area (Å²) in [5.74, 6) is 0.629. The zero-order valence-corrected chi connectivity index (χ0v) is 17.7. The van der Waals surface area contributed by atoms with E-state index in [1.165, 1.54) is 0 Å². The molecule has 0 spiro atoms. The smallest absolute Gasteiger partial charge is 0.277 e. The van der Waals surface area contributed by atoms with E-state index in [1.54, 1.807) is 31.5 Å². The van der Waals surface area contributed by atoms with Gasteiger partial charge in [-0.2, -0.15) is 5.10 Å². The molecule has 170 valence electrons. The molecule has 0 saturated heterocycles. The summed E-state index contributed by atoms with van der Waals surface area (Å²) in [5, 5.41) is 13.3. The van der Waals surface area contributed by atoms with Crippen LogP contribution in [-0.2, 0) is 25.6 Å². The number of methoxy groups -OCH3 is 1. The summed E-state index contributed by atoms with van der Waals surface area (Å²) < 4.78 is 26.8. The molecule has 9 heteroatoms. The Bertz CT molecular complexity index is 737. The number of ether oxygens (including phenoxy) is 5. The van der Waals surface area contributed by atoms with E-state index in [2.05, 4.69) is 10.5 Å². The average Bonchev–Trinajstić information content (AvgIpc) is 3.30. The number of aliphatic hydroxyl groups excluding tert-OH is 1. The molecule has 31 heavy (non-hydrogen) atoms. The van der Waals surface area contributed by atoms with Crippen LogP contribution in [0.2, 0.25) is 0 Å². The fourth-order valence-electron chi connectivity index (χ4n) is 2.50. The van der Waals surface area contributed by atoms with Crippen LogP contribution < -0.4 is 14.9 Å². The van der Waals surface area contributed by atoms with Gasteiger partial charge in [0, 0.05) is 25.3 Å². The lowest BCUT2D eigenvalue weighted by molar-refractivity contribution is -0.123. The molecule has 1 aromatic rings. The first-order valence-electron chi connectivity index (χ1n) is 10.0. The van der Waals surface area contributed by atoms with Gasteiger partial charge in [-0.1, -0.05) is 24.3 Å². The van der Waals surface area contributed by atoms with Gasteiger partial charge in [0.05, 0.1) is 39.6 Å². The molecule has 0 saturated carbocycles. The molecule has 0 atom stereocenters. The Morgan fingerprint density at radius 1 is 1.00 bits per heavy atom. The minimum Gasteiger partial charge on any atom is -0.491 e. The molecule has 0 heterocycles. The Labute approximate surface area is 182 Å². The Morgan fingerprint density at radius 2 is 1.65 bits per heavy atom. The number of benzene rings is 1. The lowest BCUT2D eigenvalue weighted by atomic mass is 10.2. The molecule has 9 nitrogen and oxygen atoms in total. The Balaban J connectivity index is 1.68. The molecule has 0 aromatic heterocycles. The first-order valence-corrected chi connectivity index (χ1v) is 10.0. The van der Waals surface area contributed by atoms with Crippen molar-refractivity contribution in [1.82, 2.24) is 5.43 Å². The minimum absolute atomic E-state index is 0.0920. The van der Waals surface area contributed by atoms with Gasteiger partial charge in [0.25, 0.3) is 5.91 Å². The first-order chi connectivity index (χ1) is 15.2. The number of aliphatic hydroxyl groups is 1. The summed E-state index contributed by atoms with van der Waals surface area (Å²) in [4.78, 5) is 11.9. The minimum atomic E-state index is -0.389. The van der Waals surface area contributed by atoms with E-state index < -0.39 is 0 Å². The summed E-state index contributed by atoms with van der Waals surface area (Å²) in [6, 6.07) is 5.00. The number of nitrogens with zero attached hydrogens (tertiary/aromatic N) is 1. The zero-order valence-electron chi connectivity index (χ0n) is 17.7. The molecular formula is C22H30N2O7. The number of amides is 1. The van der Waals surface area contributed by atoms with E-state index >= 15 is 0 Å². The van der Waals surface area contributed by atoms with Crippen molar-refractivity contribution in [3.8, 4) is 11.5 Å². The van der Waals surface area contributed by atoms with Crippen LogP contribution in [0.3, 0.4) is 0 Å². The number of carbonyl (C=O) groups is 1. The average molecular weight is 434 g/mol. The maximum Gasteiger partial charge on any atom is 0.277 e. The number of hydrogen-bond donors (Lipinski definition) is 2. The maximum atomic E-state index is 11.9. The highest BCUT2D eigenvalue weighted by Crippen LogP contribution is 2.23. The molecule has 1 aromatic carbocycles. The lowest BCUT2D eigenvalue weighted by Crippen LogP contribution is -2.25. The molecule has 0 fully saturated rings. The van der Waals surface area contributed by atoms with Crippen molar-refractivity contribution in [2.45, 2.75) is 6.61 Å². The molecule has 2 N–H and O–H groups in total. The van der Waals surface area contributed by atoms with Crippen LogP contribution in [0.1, 0.15) is 5.56 Å². The summed E-state index contributed by atoms with van der Waals surface area (Å²) in [7, 11) is 1.62. The van der Waals surface area contributed by atoms with Gasteiger partial charge in [-0.25, -0.2) is 5.43 Å². The second-order valence-corrected chi connectivity index (χ2v) is 6.49. The van der Waals surface area contributed by atoms with Crippen molar-refractivity contribution >= 4 is 12.1 Å². The van der Waals surface area contributed by atoms with Gasteiger partial charge in [0.15, 0.2) is 6.61 Å². The highest BCUT2D eigenvalue weighted by Gasteiger charge is 2.07. The first kappa shape index (κ1) is 24.5. The molecule has 1 aliphatic rings. The molecule has 1 amide bonds. The van der Waals surface area contributed by atoms with Crippen LogP contribution in [-0.4, -0.2) is 70.6 Å². The highest BCUT2D eigenvalue weighted by atomic mass is 16.6. The standard InChI is InChI=1S/C22H30N2O7/c1-27-6-7-28-8-9-29-10-11-30-20-12-19(16-25)13-21(14-20)31-17-22(26)24-23-15-18-4-2-3-5-18/h2-5,12-15,18,25H,6-11,16-17H2,1H3,(H,24,26)/b23-15+. The third-order valence-electron chi connectivity index (χ3n) is 4.01. The van der Waals surface area contributed by atoms with Crippen LogP contribution in [0.5, 0.6) is 11.5 Å². The van der Waals surface area contributed by atoms with Crippen molar-refractivity contribution in [1.29, 1.82) is 0 Å². The summed E-state index contributed by atoms with van der Waals surface area (Å²) in [5.41, 5.74) is 3.03. The van der Waals surface area contributed by atoms with Crippen LogP contribution in [0.15, 0.2) is 47.6 Å². The summed E-state index contributed by atoms with van der Waals surface area (Å²) >= 11 is 0. The van der Waals surface area contributed by atoms with Gasteiger partial charge in [-0.05, 0) is 17.7 Å². The topological polar surface area (TPSA) is 108 Å². The highest BCUT2D eigenvalue weighted by molar-refractivity contribution is 5.79. The third kappa shape index (κ3) is 10.7. The summed E-state index contributed by atoms with van der Waals surface area (Å²) in [6.45, 7) is 2.36. The SMILES string of the molecule is COCCOCCOCCOc1cc(CO)cc(OCC(=O)N/N=C/C2C=CC=C2)c1.